The zero-order valence-electron chi connectivity index (χ0n) is 5.91. The maximum absolute atomic E-state index is 10.5. The van der Waals surface area contributed by atoms with Gasteiger partial charge in [0.25, 0.3) is 0 Å². The summed E-state index contributed by atoms with van der Waals surface area (Å²) in [5.41, 5.74) is 4.98. The summed E-state index contributed by atoms with van der Waals surface area (Å²) in [5, 5.41) is 10.5. The second-order valence-electron chi connectivity index (χ2n) is 2.72. The highest BCUT2D eigenvalue weighted by Crippen LogP contribution is 2.26. The van der Waals surface area contributed by atoms with Crippen molar-refractivity contribution in [2.24, 2.45) is 11.7 Å². The lowest BCUT2D eigenvalue weighted by molar-refractivity contribution is -0.124. The first kappa shape index (κ1) is 7.84. The fraction of sp³-hybridized carbons (Fsp3) is 0.667. The van der Waals surface area contributed by atoms with E-state index in [1.54, 1.807) is 0 Å². The smallest absolute Gasteiger partial charge is 0.404 e. The van der Waals surface area contributed by atoms with Crippen LogP contribution < -0.4 is 11.1 Å². The molecule has 1 aliphatic rings. The molecule has 0 unspecified atom stereocenters. The number of rotatable bonds is 2. The number of carboxylic acid groups (broad SMARTS) is 1. The van der Waals surface area contributed by atoms with E-state index in [1.807, 2.05) is 0 Å². The van der Waals surface area contributed by atoms with E-state index in [0.29, 0.717) is 12.8 Å². The molecule has 0 spiro atoms. The predicted molar refractivity (Wildman–Crippen MR) is 36.9 cm³/mol. The topological polar surface area (TPSA) is 92.4 Å². The van der Waals surface area contributed by atoms with Crippen molar-refractivity contribution in [3.8, 4) is 0 Å². The summed E-state index contributed by atoms with van der Waals surface area (Å²) in [6.07, 6.45) is 0.0430. The number of amides is 2. The van der Waals surface area contributed by atoms with Gasteiger partial charge < -0.3 is 16.2 Å². The van der Waals surface area contributed by atoms with Crippen LogP contribution in [0.15, 0.2) is 0 Å². The van der Waals surface area contributed by atoms with Crippen molar-refractivity contribution in [2.75, 3.05) is 0 Å². The van der Waals surface area contributed by atoms with Gasteiger partial charge in [0.15, 0.2) is 0 Å². The highest BCUT2D eigenvalue weighted by molar-refractivity contribution is 5.78. The van der Waals surface area contributed by atoms with Crippen molar-refractivity contribution in [2.45, 2.75) is 18.9 Å². The lowest BCUT2D eigenvalue weighted by atomic mass is 9.80. The van der Waals surface area contributed by atoms with Crippen molar-refractivity contribution < 1.29 is 14.7 Å². The lowest BCUT2D eigenvalue weighted by Crippen LogP contribution is -2.47. The normalized spacial score (nSPS) is 28.7. The molecular weight excluding hydrogens is 148 g/mol. The number of primary amides is 1. The van der Waals surface area contributed by atoms with Crippen molar-refractivity contribution in [3.05, 3.63) is 0 Å². The van der Waals surface area contributed by atoms with Gasteiger partial charge in [-0.05, 0) is 12.8 Å². The van der Waals surface area contributed by atoms with E-state index in [2.05, 4.69) is 5.32 Å². The molecule has 11 heavy (non-hydrogen) atoms. The molecule has 0 saturated heterocycles. The molecule has 0 bridgehead atoms. The minimum Gasteiger partial charge on any atom is -0.465 e. The number of carbonyl (C=O) groups excluding carboxylic acids is 1. The van der Waals surface area contributed by atoms with Gasteiger partial charge in [-0.1, -0.05) is 0 Å². The van der Waals surface area contributed by atoms with Crippen LogP contribution in [0.1, 0.15) is 12.8 Å². The lowest BCUT2D eigenvalue weighted by Gasteiger charge is -2.32. The first-order valence-electron chi connectivity index (χ1n) is 3.38. The Morgan fingerprint density at radius 2 is 2.00 bits per heavy atom. The molecule has 0 aromatic carbocycles. The van der Waals surface area contributed by atoms with Crippen molar-refractivity contribution in [1.29, 1.82) is 0 Å². The van der Waals surface area contributed by atoms with Gasteiger partial charge in [-0.3, -0.25) is 4.79 Å². The van der Waals surface area contributed by atoms with Gasteiger partial charge >= 0.3 is 6.09 Å². The molecule has 5 heteroatoms. The summed E-state index contributed by atoms with van der Waals surface area (Å²) in [5.74, 6) is -0.472. The summed E-state index contributed by atoms with van der Waals surface area (Å²) in [6.45, 7) is 0. The van der Waals surface area contributed by atoms with Crippen LogP contribution in [0.4, 0.5) is 4.79 Å². The highest BCUT2D eigenvalue weighted by Gasteiger charge is 2.33. The maximum Gasteiger partial charge on any atom is 0.404 e. The second-order valence-corrected chi connectivity index (χ2v) is 2.72. The Morgan fingerprint density at radius 1 is 1.45 bits per heavy atom. The molecule has 2 amide bonds. The quantitative estimate of drug-likeness (QED) is 0.506. The van der Waals surface area contributed by atoms with E-state index in [1.165, 1.54) is 0 Å². The largest absolute Gasteiger partial charge is 0.465 e. The third-order valence-electron chi connectivity index (χ3n) is 1.87. The van der Waals surface area contributed by atoms with Gasteiger partial charge in [-0.15, -0.1) is 0 Å². The molecule has 0 atom stereocenters. The molecule has 1 fully saturated rings. The van der Waals surface area contributed by atoms with Gasteiger partial charge in [0.2, 0.25) is 5.91 Å². The SMILES string of the molecule is NC(=O)C1CC(NC(=O)O)C1. The Bertz CT molecular complexity index is 186. The molecule has 1 saturated carbocycles. The third-order valence-corrected chi connectivity index (χ3v) is 1.87. The average molecular weight is 158 g/mol. The zero-order chi connectivity index (χ0) is 8.43. The van der Waals surface area contributed by atoms with E-state index >= 15 is 0 Å². The predicted octanol–water partition coefficient (Wildman–Crippen LogP) is -0.482. The van der Waals surface area contributed by atoms with Crippen LogP contribution in [-0.4, -0.2) is 23.1 Å². The van der Waals surface area contributed by atoms with Crippen LogP contribution in [0.5, 0.6) is 0 Å². The fourth-order valence-corrected chi connectivity index (χ4v) is 1.14. The Kier molecular flexibility index (Phi) is 1.98. The van der Waals surface area contributed by atoms with Crippen molar-refractivity contribution in [1.82, 2.24) is 5.32 Å². The van der Waals surface area contributed by atoms with Crippen LogP contribution in [0.25, 0.3) is 0 Å². The van der Waals surface area contributed by atoms with E-state index in [0.717, 1.165) is 0 Å². The van der Waals surface area contributed by atoms with E-state index in [4.69, 9.17) is 10.8 Å². The molecule has 1 rings (SSSR count). The summed E-state index contributed by atoms with van der Waals surface area (Å²) in [4.78, 5) is 20.5. The van der Waals surface area contributed by atoms with Crippen molar-refractivity contribution >= 4 is 12.0 Å². The van der Waals surface area contributed by atoms with E-state index < -0.39 is 6.09 Å². The first-order valence-corrected chi connectivity index (χ1v) is 3.38. The maximum atomic E-state index is 10.5. The van der Waals surface area contributed by atoms with Crippen molar-refractivity contribution in [3.63, 3.8) is 0 Å². The Balaban J connectivity index is 2.19. The van der Waals surface area contributed by atoms with Gasteiger partial charge in [-0.2, -0.15) is 0 Å². The number of nitrogens with two attached hydrogens (primary N) is 1. The Hall–Kier alpha value is -1.26. The van der Waals surface area contributed by atoms with Gasteiger partial charge in [0, 0.05) is 12.0 Å². The van der Waals surface area contributed by atoms with Crippen LogP contribution >= 0.6 is 0 Å². The molecular formula is C6H10N2O3. The van der Waals surface area contributed by atoms with Gasteiger partial charge in [-0.25, -0.2) is 4.79 Å². The van der Waals surface area contributed by atoms with Crippen LogP contribution in [0.2, 0.25) is 0 Å². The molecule has 62 valence electrons. The number of hydrogen-bond acceptors (Lipinski definition) is 2. The minimum atomic E-state index is -1.04. The summed E-state index contributed by atoms with van der Waals surface area (Å²) >= 11 is 0. The third kappa shape index (κ3) is 1.83. The average Bonchev–Trinajstić information content (AvgIpc) is 1.75. The Labute approximate surface area is 63.6 Å². The van der Waals surface area contributed by atoms with Crippen LogP contribution in [0.3, 0.4) is 0 Å². The summed E-state index contributed by atoms with van der Waals surface area (Å²) in [6, 6.07) is -0.0787. The molecule has 1 aliphatic carbocycles. The molecule has 4 N–H and O–H groups in total. The number of hydrogen-bond donors (Lipinski definition) is 3. The van der Waals surface area contributed by atoms with Gasteiger partial charge in [0.1, 0.15) is 0 Å². The fourth-order valence-electron chi connectivity index (χ4n) is 1.14. The minimum absolute atomic E-state index is 0.0787. The molecule has 0 heterocycles. The number of carbonyl (C=O) groups is 2. The molecule has 5 nitrogen and oxygen atoms in total. The highest BCUT2D eigenvalue weighted by atomic mass is 16.4. The van der Waals surface area contributed by atoms with E-state index in [-0.39, 0.29) is 17.9 Å². The van der Waals surface area contributed by atoms with Crippen LogP contribution in [0, 0.1) is 5.92 Å². The zero-order valence-corrected chi connectivity index (χ0v) is 5.91. The number of nitrogens with one attached hydrogen (secondary N) is 1. The van der Waals surface area contributed by atoms with E-state index in [9.17, 15) is 9.59 Å². The summed E-state index contributed by atoms with van der Waals surface area (Å²) < 4.78 is 0. The molecule has 0 aromatic rings. The molecule has 0 aliphatic heterocycles. The van der Waals surface area contributed by atoms with Gasteiger partial charge in [0.05, 0.1) is 0 Å². The standard InChI is InChI=1S/C6H10N2O3/c7-5(9)3-1-4(2-3)8-6(10)11/h3-4,8H,1-2H2,(H2,7,9)(H,10,11). The first-order chi connectivity index (χ1) is 5.09. The summed E-state index contributed by atoms with van der Waals surface area (Å²) in [7, 11) is 0. The Morgan fingerprint density at radius 3 is 2.36 bits per heavy atom. The molecule has 0 radical (unpaired) electrons. The second kappa shape index (κ2) is 2.77. The monoisotopic (exact) mass is 158 g/mol. The van der Waals surface area contributed by atoms with Crippen LogP contribution in [-0.2, 0) is 4.79 Å². The molecule has 0 aromatic heterocycles.